The Morgan fingerprint density at radius 2 is 2.03 bits per heavy atom. The number of thiazole rings is 1. The van der Waals surface area contributed by atoms with E-state index in [9.17, 15) is 13.2 Å². The van der Waals surface area contributed by atoms with Gasteiger partial charge in [0.2, 0.25) is 15.9 Å². The number of nitrogens with two attached hydrogens (primary N) is 1. The zero-order chi connectivity index (χ0) is 22.4. The normalized spacial score (nSPS) is 12.3. The van der Waals surface area contributed by atoms with Crippen molar-refractivity contribution in [3.63, 3.8) is 0 Å². The molecule has 1 heterocycles. The summed E-state index contributed by atoms with van der Waals surface area (Å²) in [5.41, 5.74) is 0.777. The molecule has 0 atom stereocenters. The number of aromatic nitrogens is 1. The van der Waals surface area contributed by atoms with Crippen molar-refractivity contribution in [2.24, 2.45) is 10.1 Å². The lowest BCUT2D eigenvalue weighted by molar-refractivity contribution is -0.118. The van der Waals surface area contributed by atoms with E-state index in [-0.39, 0.29) is 10.8 Å². The van der Waals surface area contributed by atoms with Crippen molar-refractivity contribution in [2.45, 2.75) is 29.2 Å². The molecule has 0 aliphatic rings. The number of allylic oxidation sites excluding steroid dienone is 1. The van der Waals surface area contributed by atoms with Crippen LogP contribution in [0.15, 0.2) is 69.9 Å². The fourth-order valence-electron chi connectivity index (χ4n) is 2.87. The van der Waals surface area contributed by atoms with Crippen molar-refractivity contribution in [3.8, 4) is 5.75 Å². The number of carbonyl (C=O) groups excluding carboxylic acids is 1. The fourth-order valence-corrected chi connectivity index (χ4v) is 5.43. The molecule has 31 heavy (non-hydrogen) atoms. The van der Waals surface area contributed by atoms with Crippen LogP contribution >= 0.6 is 23.1 Å². The van der Waals surface area contributed by atoms with Gasteiger partial charge < -0.3 is 9.30 Å². The van der Waals surface area contributed by atoms with Gasteiger partial charge in [0.25, 0.3) is 0 Å². The molecule has 3 aromatic rings. The highest BCUT2D eigenvalue weighted by Crippen LogP contribution is 2.23. The summed E-state index contributed by atoms with van der Waals surface area (Å²) in [6.07, 6.45) is 2.73. The number of benzene rings is 2. The van der Waals surface area contributed by atoms with Crippen LogP contribution in [0.4, 0.5) is 0 Å². The first-order valence-electron chi connectivity index (χ1n) is 9.43. The number of hydrogen-bond acceptors (Lipinski definition) is 6. The van der Waals surface area contributed by atoms with Crippen LogP contribution in [0.5, 0.6) is 5.75 Å². The Morgan fingerprint density at radius 3 is 2.68 bits per heavy atom. The van der Waals surface area contributed by atoms with Gasteiger partial charge in [-0.3, -0.25) is 4.79 Å². The topological polar surface area (TPSA) is 104 Å². The number of sulfonamides is 1. The molecule has 0 aliphatic carbocycles. The van der Waals surface area contributed by atoms with Gasteiger partial charge in [0, 0.05) is 17.9 Å². The third-order valence-corrected chi connectivity index (χ3v) is 7.43. The van der Waals surface area contributed by atoms with E-state index in [0.29, 0.717) is 28.9 Å². The maximum absolute atomic E-state index is 12.4. The van der Waals surface area contributed by atoms with Crippen molar-refractivity contribution in [1.82, 2.24) is 4.57 Å². The second-order valence-electron chi connectivity index (χ2n) is 6.59. The van der Waals surface area contributed by atoms with Gasteiger partial charge in [-0.05, 0) is 54.6 Å². The molecule has 164 valence electrons. The summed E-state index contributed by atoms with van der Waals surface area (Å²) in [5.74, 6) is 1.39. The lowest BCUT2D eigenvalue weighted by atomic mass is 10.3. The van der Waals surface area contributed by atoms with Crippen LogP contribution in [0.2, 0.25) is 0 Å². The highest BCUT2D eigenvalue weighted by atomic mass is 32.2. The Balaban J connectivity index is 1.71. The Labute approximate surface area is 189 Å². The molecule has 0 aliphatic heterocycles. The number of rotatable bonds is 9. The van der Waals surface area contributed by atoms with Crippen molar-refractivity contribution in [2.75, 3.05) is 12.9 Å². The number of amides is 1. The average molecular weight is 478 g/mol. The van der Waals surface area contributed by atoms with Gasteiger partial charge in [0.05, 0.1) is 22.2 Å². The van der Waals surface area contributed by atoms with Crippen molar-refractivity contribution < 1.29 is 17.9 Å². The molecule has 0 fully saturated rings. The summed E-state index contributed by atoms with van der Waals surface area (Å²) >= 11 is 2.93. The van der Waals surface area contributed by atoms with Crippen LogP contribution in [0.25, 0.3) is 10.2 Å². The summed E-state index contributed by atoms with van der Waals surface area (Å²) in [6, 6.07) is 12.4. The Bertz CT molecular complexity index is 1260. The summed E-state index contributed by atoms with van der Waals surface area (Å²) < 4.78 is 30.9. The molecule has 1 aromatic heterocycles. The van der Waals surface area contributed by atoms with Crippen LogP contribution in [0.3, 0.4) is 0 Å². The summed E-state index contributed by atoms with van der Waals surface area (Å²) in [7, 11) is -2.17. The van der Waals surface area contributed by atoms with Gasteiger partial charge in [0.1, 0.15) is 5.75 Å². The number of hydrogen-bond donors (Lipinski definition) is 1. The van der Waals surface area contributed by atoms with Gasteiger partial charge in [-0.2, -0.15) is 4.99 Å². The van der Waals surface area contributed by atoms with Crippen LogP contribution in [-0.2, 0) is 21.4 Å². The first kappa shape index (κ1) is 23.3. The van der Waals surface area contributed by atoms with E-state index < -0.39 is 10.0 Å². The van der Waals surface area contributed by atoms with Gasteiger partial charge in [0.15, 0.2) is 4.80 Å². The van der Waals surface area contributed by atoms with Gasteiger partial charge in [-0.1, -0.05) is 17.4 Å². The van der Waals surface area contributed by atoms with Gasteiger partial charge >= 0.3 is 0 Å². The average Bonchev–Trinajstić information content (AvgIpc) is 3.07. The molecule has 0 radical (unpaired) electrons. The molecule has 10 heteroatoms. The first-order valence-corrected chi connectivity index (χ1v) is 12.8. The molecule has 7 nitrogen and oxygen atoms in total. The molecule has 2 aromatic carbocycles. The zero-order valence-corrected chi connectivity index (χ0v) is 19.4. The number of methoxy groups -OCH3 is 1. The minimum atomic E-state index is -3.80. The Kier molecular flexibility index (Phi) is 7.71. The lowest BCUT2D eigenvalue weighted by Gasteiger charge is -2.03. The van der Waals surface area contributed by atoms with E-state index in [4.69, 9.17) is 9.88 Å². The molecular weight excluding hydrogens is 454 g/mol. The molecule has 0 bridgehead atoms. The monoisotopic (exact) mass is 477 g/mol. The molecule has 1 amide bonds. The highest BCUT2D eigenvalue weighted by molar-refractivity contribution is 7.99. The first-order chi connectivity index (χ1) is 14.8. The van der Waals surface area contributed by atoms with E-state index in [2.05, 4.69) is 11.6 Å². The number of nitrogens with zero attached hydrogens (tertiary/aromatic N) is 2. The summed E-state index contributed by atoms with van der Waals surface area (Å²) in [6.45, 7) is 4.20. The number of primary sulfonamides is 1. The van der Waals surface area contributed by atoms with Crippen LogP contribution in [0.1, 0.15) is 12.8 Å². The lowest BCUT2D eigenvalue weighted by Crippen LogP contribution is -2.16. The van der Waals surface area contributed by atoms with Crippen LogP contribution in [0, 0.1) is 0 Å². The molecule has 0 saturated carbocycles. The third kappa shape index (κ3) is 6.07. The number of thioether (sulfide) groups is 1. The van der Waals surface area contributed by atoms with E-state index >= 15 is 0 Å². The maximum Gasteiger partial charge on any atom is 0.248 e. The smallest absolute Gasteiger partial charge is 0.248 e. The number of carbonyl (C=O) groups is 1. The minimum Gasteiger partial charge on any atom is -0.497 e. The molecule has 0 saturated heterocycles. The highest BCUT2D eigenvalue weighted by Gasteiger charge is 2.12. The molecule has 2 N–H and O–H groups in total. The molecule has 3 rings (SSSR count). The minimum absolute atomic E-state index is 0.0282. The Morgan fingerprint density at radius 1 is 1.29 bits per heavy atom. The summed E-state index contributed by atoms with van der Waals surface area (Å²) in [5, 5.41) is 5.22. The fraction of sp³-hybridized carbons (Fsp3) is 0.238. The third-order valence-electron chi connectivity index (χ3n) is 4.38. The van der Waals surface area contributed by atoms with Crippen LogP contribution in [-0.4, -0.2) is 31.8 Å². The molecule has 0 unspecified atom stereocenters. The molecule has 0 spiro atoms. The van der Waals surface area contributed by atoms with Gasteiger partial charge in [-0.25, -0.2) is 13.6 Å². The van der Waals surface area contributed by atoms with Crippen LogP contribution < -0.4 is 14.7 Å². The quantitative estimate of drug-likeness (QED) is 0.288. The predicted octanol–water partition coefficient (Wildman–Crippen LogP) is 3.54. The largest absolute Gasteiger partial charge is 0.497 e. The summed E-state index contributed by atoms with van der Waals surface area (Å²) in [4.78, 5) is 18.3. The van der Waals surface area contributed by atoms with Gasteiger partial charge in [-0.15, -0.1) is 18.3 Å². The van der Waals surface area contributed by atoms with Crippen molar-refractivity contribution >= 4 is 49.2 Å². The van der Waals surface area contributed by atoms with E-state index in [0.717, 1.165) is 21.9 Å². The number of fused-ring (bicyclic) bond motifs is 1. The van der Waals surface area contributed by atoms with Crippen molar-refractivity contribution in [3.05, 3.63) is 59.9 Å². The zero-order valence-electron chi connectivity index (χ0n) is 17.0. The standard InChI is InChI=1S/C21H23N3O4S3/c1-3-12-24-18-11-10-17(31(22,26)27)14-19(18)30-21(24)23-20(25)5-4-13-29-16-8-6-15(28-2)7-9-16/h3,6-11,14H,1,4-5,12-13H2,2H3,(H2,22,26,27). The maximum atomic E-state index is 12.4. The predicted molar refractivity (Wildman–Crippen MR) is 125 cm³/mol. The SMILES string of the molecule is C=CCn1c(=NC(=O)CCCSc2ccc(OC)cc2)sc2cc(S(N)(=O)=O)ccc21. The molecular formula is C21H23N3O4S3. The van der Waals surface area contributed by atoms with E-state index in [1.54, 1.807) is 31.0 Å². The Hall–Kier alpha value is -2.40. The van der Waals surface area contributed by atoms with E-state index in [1.807, 2.05) is 28.8 Å². The van der Waals surface area contributed by atoms with E-state index in [1.165, 1.54) is 23.5 Å². The second kappa shape index (κ2) is 10.3. The van der Waals surface area contributed by atoms with Crippen molar-refractivity contribution in [1.29, 1.82) is 0 Å². The second-order valence-corrected chi connectivity index (χ2v) is 10.3. The number of ether oxygens (including phenoxy) is 1.